The maximum Gasteiger partial charge on any atom is 0.290 e. The lowest BCUT2D eigenvalue weighted by Gasteiger charge is -2.27. The number of aliphatic hydroxyl groups is 1. The van der Waals surface area contributed by atoms with Crippen LogP contribution in [0, 0.1) is 0 Å². The molecule has 0 saturated carbocycles. The van der Waals surface area contributed by atoms with Gasteiger partial charge < -0.3 is 14.7 Å². The highest BCUT2D eigenvalue weighted by Gasteiger charge is 2.43. The van der Waals surface area contributed by atoms with E-state index >= 15 is 0 Å². The van der Waals surface area contributed by atoms with Crippen LogP contribution in [-0.2, 0) is 11.3 Å². The van der Waals surface area contributed by atoms with Crippen LogP contribution in [0.1, 0.15) is 26.8 Å². The molecule has 1 aliphatic rings. The van der Waals surface area contributed by atoms with Gasteiger partial charge in [-0.3, -0.25) is 9.59 Å². The largest absolute Gasteiger partial charge is 0.503 e. The van der Waals surface area contributed by atoms with Crippen molar-refractivity contribution >= 4 is 23.0 Å². The zero-order valence-corrected chi connectivity index (χ0v) is 17.5. The highest BCUT2D eigenvalue weighted by molar-refractivity contribution is 7.12. The number of hydrogen-bond acceptors (Lipinski definition) is 5. The molecule has 31 heavy (non-hydrogen) atoms. The molecule has 0 spiro atoms. The van der Waals surface area contributed by atoms with E-state index in [2.05, 4.69) is 6.58 Å². The minimum Gasteiger partial charge on any atom is -0.503 e. The summed E-state index contributed by atoms with van der Waals surface area (Å²) in [5.74, 6) is -0.734. The molecule has 3 aromatic rings. The van der Waals surface area contributed by atoms with Crippen molar-refractivity contribution in [3.05, 3.63) is 112 Å². The Labute approximate surface area is 184 Å². The number of aliphatic hydroxyl groups excluding tert-OH is 1. The first kappa shape index (κ1) is 20.6. The Kier molecular flexibility index (Phi) is 6.00. The van der Waals surface area contributed by atoms with E-state index in [9.17, 15) is 14.7 Å². The van der Waals surface area contributed by atoms with Gasteiger partial charge in [0.15, 0.2) is 5.76 Å². The van der Waals surface area contributed by atoms with Crippen LogP contribution in [0.25, 0.3) is 0 Å². The number of benzene rings is 2. The smallest absolute Gasteiger partial charge is 0.290 e. The number of Topliss-reactive ketones (excluding diaryl/α,β-unsaturated/α-hetero) is 1. The molecule has 1 atom stereocenters. The van der Waals surface area contributed by atoms with Gasteiger partial charge in [-0.25, -0.2) is 0 Å². The Bertz CT molecular complexity index is 1120. The molecule has 1 aliphatic heterocycles. The number of carbonyl (C=O) groups is 2. The van der Waals surface area contributed by atoms with Crippen LogP contribution in [0.3, 0.4) is 0 Å². The van der Waals surface area contributed by atoms with Gasteiger partial charge in [0.05, 0.1) is 16.5 Å². The molecule has 1 aromatic heterocycles. The monoisotopic (exact) mass is 431 g/mol. The molecule has 6 heteroatoms. The summed E-state index contributed by atoms with van der Waals surface area (Å²) in [5.41, 5.74) is 1.73. The molecule has 1 amide bonds. The third kappa shape index (κ3) is 4.15. The average Bonchev–Trinajstić information content (AvgIpc) is 3.42. The number of ketones is 1. The Morgan fingerprint density at radius 2 is 1.84 bits per heavy atom. The van der Waals surface area contributed by atoms with Crippen molar-refractivity contribution < 1.29 is 19.4 Å². The Balaban J connectivity index is 1.74. The fourth-order valence-corrected chi connectivity index (χ4v) is 4.30. The second-order valence-corrected chi connectivity index (χ2v) is 8.01. The molecule has 4 rings (SSSR count). The van der Waals surface area contributed by atoms with Crippen molar-refractivity contribution in [2.45, 2.75) is 12.6 Å². The van der Waals surface area contributed by atoms with Crippen LogP contribution in [0.4, 0.5) is 0 Å². The van der Waals surface area contributed by atoms with Gasteiger partial charge >= 0.3 is 0 Å². The van der Waals surface area contributed by atoms with E-state index in [-0.39, 0.29) is 17.9 Å². The van der Waals surface area contributed by atoms with Crippen LogP contribution in [0.5, 0.6) is 5.75 Å². The first-order valence-corrected chi connectivity index (χ1v) is 10.7. The molecule has 0 radical (unpaired) electrons. The van der Waals surface area contributed by atoms with Gasteiger partial charge in [0, 0.05) is 6.54 Å². The van der Waals surface area contributed by atoms with Crippen LogP contribution in [0.2, 0.25) is 0 Å². The lowest BCUT2D eigenvalue weighted by atomic mass is 9.95. The molecule has 0 fully saturated rings. The molecule has 2 aromatic carbocycles. The highest BCUT2D eigenvalue weighted by atomic mass is 32.1. The minimum absolute atomic E-state index is 0.100. The van der Waals surface area contributed by atoms with Gasteiger partial charge in [-0.1, -0.05) is 61.2 Å². The van der Waals surface area contributed by atoms with Crippen LogP contribution in [0.15, 0.2) is 96.1 Å². The molecule has 2 heterocycles. The second-order valence-electron chi connectivity index (χ2n) is 7.06. The topological polar surface area (TPSA) is 66.8 Å². The first-order chi connectivity index (χ1) is 15.1. The number of amides is 1. The summed E-state index contributed by atoms with van der Waals surface area (Å²) in [6.45, 7) is 4.28. The van der Waals surface area contributed by atoms with E-state index in [4.69, 9.17) is 4.74 Å². The fourth-order valence-electron chi connectivity index (χ4n) is 3.62. The zero-order valence-electron chi connectivity index (χ0n) is 16.7. The van der Waals surface area contributed by atoms with E-state index < -0.39 is 17.7 Å². The molecule has 0 saturated heterocycles. The van der Waals surface area contributed by atoms with Gasteiger partial charge in [-0.05, 0) is 34.7 Å². The quantitative estimate of drug-likeness (QED) is 0.398. The van der Waals surface area contributed by atoms with Gasteiger partial charge in [-0.2, -0.15) is 0 Å². The summed E-state index contributed by atoms with van der Waals surface area (Å²) in [6, 6.07) is 19.5. The number of rotatable bonds is 8. The van der Waals surface area contributed by atoms with E-state index in [0.717, 1.165) is 11.1 Å². The third-order valence-corrected chi connectivity index (χ3v) is 5.92. The highest BCUT2D eigenvalue weighted by Crippen LogP contribution is 2.40. The predicted octanol–water partition coefficient (Wildman–Crippen LogP) is 5.09. The van der Waals surface area contributed by atoms with Crippen LogP contribution in [-0.4, -0.2) is 28.3 Å². The van der Waals surface area contributed by atoms with Crippen molar-refractivity contribution in [3.8, 4) is 5.75 Å². The summed E-state index contributed by atoms with van der Waals surface area (Å²) in [7, 11) is 0. The Morgan fingerprint density at radius 1 is 1.10 bits per heavy atom. The summed E-state index contributed by atoms with van der Waals surface area (Å²) in [5, 5.41) is 12.5. The molecule has 0 aliphatic carbocycles. The first-order valence-electron chi connectivity index (χ1n) is 9.80. The normalized spacial score (nSPS) is 15.9. The molecule has 1 N–H and O–H groups in total. The second kappa shape index (κ2) is 9.02. The lowest BCUT2D eigenvalue weighted by Crippen LogP contribution is -2.30. The standard InChI is InChI=1S/C25H21NO4S/c1-2-14-30-19-12-10-18(11-13-19)22-21(23(27)20-9-6-15-31-20)24(28)25(29)26(22)16-17-7-4-3-5-8-17/h2-13,15,22,28H,1,14,16H2. The van der Waals surface area contributed by atoms with Gasteiger partial charge in [-0.15, -0.1) is 11.3 Å². The Hall–Kier alpha value is -3.64. The number of carbonyl (C=O) groups excluding carboxylic acids is 2. The lowest BCUT2D eigenvalue weighted by molar-refractivity contribution is -0.130. The molecule has 0 bridgehead atoms. The van der Waals surface area contributed by atoms with E-state index in [0.29, 0.717) is 17.2 Å². The molecular formula is C25H21NO4S. The van der Waals surface area contributed by atoms with Crippen molar-refractivity contribution in [1.82, 2.24) is 4.90 Å². The molecule has 156 valence electrons. The minimum atomic E-state index is -0.698. The molecular weight excluding hydrogens is 410 g/mol. The van der Waals surface area contributed by atoms with Crippen molar-refractivity contribution in [1.29, 1.82) is 0 Å². The number of thiophene rings is 1. The van der Waals surface area contributed by atoms with E-state index in [1.807, 2.05) is 42.5 Å². The van der Waals surface area contributed by atoms with Gasteiger partial charge in [0.1, 0.15) is 12.4 Å². The van der Waals surface area contributed by atoms with E-state index in [1.54, 1.807) is 35.7 Å². The number of ether oxygens (including phenoxy) is 1. The van der Waals surface area contributed by atoms with Crippen LogP contribution < -0.4 is 4.74 Å². The van der Waals surface area contributed by atoms with Crippen molar-refractivity contribution in [2.24, 2.45) is 0 Å². The summed E-state index contributed by atoms with van der Waals surface area (Å²) < 4.78 is 5.55. The summed E-state index contributed by atoms with van der Waals surface area (Å²) >= 11 is 1.28. The van der Waals surface area contributed by atoms with E-state index in [1.165, 1.54) is 16.2 Å². The fraction of sp³-hybridized carbons (Fsp3) is 0.120. The van der Waals surface area contributed by atoms with Gasteiger partial charge in [0.25, 0.3) is 5.91 Å². The third-order valence-electron chi connectivity index (χ3n) is 5.05. The van der Waals surface area contributed by atoms with Crippen molar-refractivity contribution in [3.63, 3.8) is 0 Å². The molecule has 1 unspecified atom stereocenters. The summed E-state index contributed by atoms with van der Waals surface area (Å²) in [6.07, 6.45) is 1.66. The van der Waals surface area contributed by atoms with Gasteiger partial charge in [0.2, 0.25) is 5.78 Å². The maximum atomic E-state index is 13.2. The van der Waals surface area contributed by atoms with Crippen molar-refractivity contribution in [2.75, 3.05) is 6.61 Å². The predicted molar refractivity (Wildman–Crippen MR) is 120 cm³/mol. The molecule has 5 nitrogen and oxygen atoms in total. The number of hydrogen-bond donors (Lipinski definition) is 1. The number of nitrogens with zero attached hydrogens (tertiary/aromatic N) is 1. The summed E-state index contributed by atoms with van der Waals surface area (Å²) in [4.78, 5) is 28.3. The van der Waals surface area contributed by atoms with Crippen LogP contribution >= 0.6 is 11.3 Å². The zero-order chi connectivity index (χ0) is 21.8. The maximum absolute atomic E-state index is 13.2. The average molecular weight is 432 g/mol. The Morgan fingerprint density at radius 3 is 2.48 bits per heavy atom. The SMILES string of the molecule is C=CCOc1ccc(C2C(C(=O)c3cccs3)=C(O)C(=O)N2Cc2ccccc2)cc1.